The maximum absolute atomic E-state index is 11.1. The monoisotopic (exact) mass is 179 g/mol. The maximum Gasteiger partial charge on any atom is 0.354 e. The standard InChI is InChI=1S/C8H9N3O2/c9-7-3-5-11(8(13)10-7)4-1-2-6-12/h2-5,12H,6H2,(H2,9,10,13). The minimum absolute atomic E-state index is 0.117. The van der Waals surface area contributed by atoms with Gasteiger partial charge in [-0.05, 0) is 12.1 Å². The van der Waals surface area contributed by atoms with Crippen LogP contribution in [0.3, 0.4) is 0 Å². The fraction of sp³-hybridized carbons (Fsp3) is 0.125. The predicted octanol–water partition coefficient (Wildman–Crippen LogP) is -0.556. The molecule has 0 saturated heterocycles. The molecule has 0 spiro atoms. The van der Waals surface area contributed by atoms with Gasteiger partial charge in [0.05, 0.1) is 12.8 Å². The zero-order valence-corrected chi connectivity index (χ0v) is 6.84. The lowest BCUT2D eigenvalue weighted by atomic mass is 10.6. The lowest BCUT2D eigenvalue weighted by Crippen LogP contribution is -2.18. The van der Waals surface area contributed by atoms with Crippen LogP contribution in [0.5, 0.6) is 0 Å². The van der Waals surface area contributed by atoms with Crippen molar-refractivity contribution in [2.75, 3.05) is 12.3 Å². The van der Waals surface area contributed by atoms with Crippen LogP contribution in [0.4, 0.5) is 5.82 Å². The number of hydrogen-bond donors (Lipinski definition) is 2. The van der Waals surface area contributed by atoms with Gasteiger partial charge >= 0.3 is 5.69 Å². The second-order valence-corrected chi connectivity index (χ2v) is 2.22. The second-order valence-electron chi connectivity index (χ2n) is 2.22. The zero-order valence-electron chi connectivity index (χ0n) is 6.84. The van der Waals surface area contributed by atoms with Crippen LogP contribution in [-0.4, -0.2) is 21.3 Å². The first-order chi connectivity index (χ1) is 6.24. The molecule has 0 aliphatic rings. The van der Waals surface area contributed by atoms with Crippen LogP contribution < -0.4 is 11.4 Å². The number of aliphatic hydroxyl groups excluding tert-OH is 1. The van der Waals surface area contributed by atoms with Gasteiger partial charge in [0.25, 0.3) is 0 Å². The average molecular weight is 179 g/mol. The van der Waals surface area contributed by atoms with Crippen molar-refractivity contribution in [1.82, 2.24) is 9.55 Å². The van der Waals surface area contributed by atoms with Crippen molar-refractivity contribution < 1.29 is 5.11 Å². The summed E-state index contributed by atoms with van der Waals surface area (Å²) in [5.41, 5.74) is 7.40. The molecular formula is C8H9N3O2. The van der Waals surface area contributed by atoms with Crippen molar-refractivity contribution >= 4 is 12.0 Å². The Morgan fingerprint density at radius 2 is 2.54 bits per heavy atom. The number of nitrogens with two attached hydrogens (primary N) is 1. The third kappa shape index (κ3) is 2.59. The minimum atomic E-state index is -0.473. The molecule has 3 N–H and O–H groups in total. The van der Waals surface area contributed by atoms with E-state index in [9.17, 15) is 4.79 Å². The molecule has 1 rings (SSSR count). The molecule has 0 aliphatic heterocycles. The Kier molecular flexibility index (Phi) is 3.03. The van der Waals surface area contributed by atoms with Gasteiger partial charge in [-0.1, -0.05) is 0 Å². The fourth-order valence-corrected chi connectivity index (χ4v) is 0.710. The van der Waals surface area contributed by atoms with Gasteiger partial charge in [0.2, 0.25) is 0 Å². The van der Waals surface area contributed by atoms with Gasteiger partial charge in [-0.25, -0.2) is 4.79 Å². The Hall–Kier alpha value is -1.84. The molecule has 0 radical (unpaired) electrons. The number of rotatable bonds is 2. The largest absolute Gasteiger partial charge is 0.392 e. The predicted molar refractivity (Wildman–Crippen MR) is 48.8 cm³/mol. The first kappa shape index (κ1) is 9.25. The van der Waals surface area contributed by atoms with E-state index in [1.807, 2.05) is 0 Å². The Labute approximate surface area is 74.5 Å². The molecule has 1 heterocycles. The number of nitrogens with zero attached hydrogens (tertiary/aromatic N) is 2. The summed E-state index contributed by atoms with van der Waals surface area (Å²) in [5.74, 6) is 0.181. The van der Waals surface area contributed by atoms with E-state index in [0.29, 0.717) is 0 Å². The van der Waals surface area contributed by atoms with Crippen LogP contribution in [0.15, 0.2) is 28.9 Å². The van der Waals surface area contributed by atoms with Gasteiger partial charge in [0, 0.05) is 6.20 Å². The fourth-order valence-electron chi connectivity index (χ4n) is 0.710. The molecule has 0 atom stereocenters. The number of hydrogen-bond acceptors (Lipinski definition) is 4. The summed E-state index contributed by atoms with van der Waals surface area (Å²) >= 11 is 0. The Bertz CT molecular complexity index is 402. The normalized spacial score (nSPS) is 9.00. The highest BCUT2D eigenvalue weighted by Gasteiger charge is 1.91. The van der Waals surface area contributed by atoms with Crippen LogP contribution in [0, 0.1) is 0 Å². The van der Waals surface area contributed by atoms with Crippen molar-refractivity contribution in [1.29, 1.82) is 0 Å². The summed E-state index contributed by atoms with van der Waals surface area (Å²) in [6.45, 7) is -0.117. The highest BCUT2D eigenvalue weighted by atomic mass is 16.2. The van der Waals surface area contributed by atoms with E-state index in [4.69, 9.17) is 10.8 Å². The zero-order chi connectivity index (χ0) is 9.68. The summed E-state index contributed by atoms with van der Waals surface area (Å²) in [7, 11) is 0. The van der Waals surface area contributed by atoms with Crippen LogP contribution in [0.1, 0.15) is 0 Å². The van der Waals surface area contributed by atoms with Crippen LogP contribution in [-0.2, 0) is 0 Å². The van der Waals surface area contributed by atoms with Gasteiger partial charge in [-0.2, -0.15) is 4.98 Å². The van der Waals surface area contributed by atoms with E-state index in [0.717, 1.165) is 0 Å². The summed E-state index contributed by atoms with van der Waals surface area (Å²) in [4.78, 5) is 14.5. The van der Waals surface area contributed by atoms with Crippen molar-refractivity contribution in [3.8, 4) is 0 Å². The Morgan fingerprint density at radius 3 is 3.15 bits per heavy atom. The molecule has 1 aromatic rings. The molecule has 0 aromatic carbocycles. The van der Waals surface area contributed by atoms with Crippen LogP contribution >= 0.6 is 0 Å². The first-order valence-corrected chi connectivity index (χ1v) is 3.60. The molecule has 0 aliphatic carbocycles. The summed E-state index contributed by atoms with van der Waals surface area (Å²) in [6, 6.07) is 1.50. The molecule has 1 aromatic heterocycles. The van der Waals surface area contributed by atoms with E-state index in [1.165, 1.54) is 29.1 Å². The third-order valence-corrected chi connectivity index (χ3v) is 1.27. The average Bonchev–Trinajstić information content (AvgIpc) is 2.09. The molecule has 0 fully saturated rings. The summed E-state index contributed by atoms with van der Waals surface area (Å²) in [5, 5.41) is 8.40. The lowest BCUT2D eigenvalue weighted by molar-refractivity contribution is 0.343. The summed E-state index contributed by atoms with van der Waals surface area (Å²) in [6.07, 6.45) is 4.22. The SMILES string of the molecule is Nc1ccn(C=C=CCO)c(=O)n1. The molecule has 0 saturated carbocycles. The maximum atomic E-state index is 11.1. The highest BCUT2D eigenvalue weighted by molar-refractivity contribution is 5.28. The van der Waals surface area contributed by atoms with Gasteiger partial charge in [-0.15, -0.1) is 5.73 Å². The van der Waals surface area contributed by atoms with E-state index < -0.39 is 5.69 Å². The van der Waals surface area contributed by atoms with Crippen molar-refractivity contribution in [3.63, 3.8) is 0 Å². The van der Waals surface area contributed by atoms with Gasteiger partial charge in [-0.3, -0.25) is 4.57 Å². The van der Waals surface area contributed by atoms with Crippen molar-refractivity contribution in [3.05, 3.63) is 34.6 Å². The van der Waals surface area contributed by atoms with E-state index in [1.54, 1.807) is 0 Å². The number of anilines is 1. The van der Waals surface area contributed by atoms with Crippen molar-refractivity contribution in [2.45, 2.75) is 0 Å². The van der Waals surface area contributed by atoms with Gasteiger partial charge in [0.15, 0.2) is 0 Å². The van der Waals surface area contributed by atoms with E-state index in [2.05, 4.69) is 10.7 Å². The molecule has 0 unspecified atom stereocenters. The smallest absolute Gasteiger partial charge is 0.354 e. The number of aromatic nitrogens is 2. The summed E-state index contributed by atoms with van der Waals surface area (Å²) < 4.78 is 1.21. The highest BCUT2D eigenvalue weighted by Crippen LogP contribution is 1.88. The quantitative estimate of drug-likeness (QED) is 0.596. The van der Waals surface area contributed by atoms with E-state index in [-0.39, 0.29) is 12.4 Å². The number of nitrogen functional groups attached to an aromatic ring is 1. The second kappa shape index (κ2) is 4.25. The van der Waals surface area contributed by atoms with Gasteiger partial charge < -0.3 is 10.8 Å². The minimum Gasteiger partial charge on any atom is -0.392 e. The lowest BCUT2D eigenvalue weighted by Gasteiger charge is -1.94. The van der Waals surface area contributed by atoms with Gasteiger partial charge in [0.1, 0.15) is 5.82 Å². The third-order valence-electron chi connectivity index (χ3n) is 1.27. The molecular weight excluding hydrogens is 170 g/mol. The molecule has 0 amide bonds. The Morgan fingerprint density at radius 1 is 1.77 bits per heavy atom. The van der Waals surface area contributed by atoms with Crippen LogP contribution in [0.2, 0.25) is 0 Å². The molecule has 68 valence electrons. The molecule has 0 bridgehead atoms. The molecule has 5 nitrogen and oxygen atoms in total. The Balaban J connectivity index is 3.04. The molecule has 13 heavy (non-hydrogen) atoms. The van der Waals surface area contributed by atoms with Crippen molar-refractivity contribution in [2.24, 2.45) is 0 Å². The first-order valence-electron chi connectivity index (χ1n) is 3.60. The van der Waals surface area contributed by atoms with Crippen LogP contribution in [0.25, 0.3) is 6.20 Å². The molecule has 5 heteroatoms. The van der Waals surface area contributed by atoms with E-state index >= 15 is 0 Å². The number of aliphatic hydroxyl groups is 1. The topological polar surface area (TPSA) is 81.1 Å².